The van der Waals surface area contributed by atoms with Gasteiger partial charge in [-0.15, -0.1) is 0 Å². The van der Waals surface area contributed by atoms with Crippen molar-refractivity contribution in [3.8, 4) is 0 Å². The second-order valence-corrected chi connectivity index (χ2v) is 4.01. The maximum absolute atomic E-state index is 11.4. The number of hydrogen-bond acceptors (Lipinski definition) is 2. The highest BCUT2D eigenvalue weighted by atomic mass is 16.6. The number of ether oxygens (including phenoxy) is 1. The summed E-state index contributed by atoms with van der Waals surface area (Å²) in [5.74, 6) is 0. The van der Waals surface area contributed by atoms with Gasteiger partial charge < -0.3 is 4.74 Å². The molecule has 0 N–H and O–H groups in total. The quantitative estimate of drug-likeness (QED) is 0.762. The standard InChI is InChI=1S/C13H15NO2/c1-10(12-6-4-3-5-7-12)8-14-11(2)9-16-13(14)15/h3-8,11H,9H2,1-2H3/b10-8-/t11-/m1/s1. The van der Waals surface area contributed by atoms with Gasteiger partial charge in [0.1, 0.15) is 6.61 Å². The van der Waals surface area contributed by atoms with Gasteiger partial charge in [-0.05, 0) is 25.0 Å². The molecule has 0 radical (unpaired) electrons. The number of hydrogen-bond donors (Lipinski definition) is 0. The second-order valence-electron chi connectivity index (χ2n) is 4.01. The van der Waals surface area contributed by atoms with Crippen LogP contribution in [0.4, 0.5) is 4.79 Å². The summed E-state index contributed by atoms with van der Waals surface area (Å²) < 4.78 is 4.96. The Morgan fingerprint density at radius 3 is 2.69 bits per heavy atom. The molecule has 16 heavy (non-hydrogen) atoms. The lowest BCUT2D eigenvalue weighted by molar-refractivity contribution is 0.166. The summed E-state index contributed by atoms with van der Waals surface area (Å²) in [4.78, 5) is 13.1. The summed E-state index contributed by atoms with van der Waals surface area (Å²) in [7, 11) is 0. The van der Waals surface area contributed by atoms with Gasteiger partial charge in [0.2, 0.25) is 0 Å². The Kier molecular flexibility index (Phi) is 2.95. The summed E-state index contributed by atoms with van der Waals surface area (Å²) in [5, 5.41) is 0. The van der Waals surface area contributed by atoms with Gasteiger partial charge in [-0.25, -0.2) is 4.79 Å². The zero-order valence-electron chi connectivity index (χ0n) is 9.51. The first kappa shape index (κ1) is 10.7. The van der Waals surface area contributed by atoms with E-state index in [-0.39, 0.29) is 12.1 Å². The summed E-state index contributed by atoms with van der Waals surface area (Å²) in [6.07, 6.45) is 1.60. The number of carbonyl (C=O) groups is 1. The molecule has 0 saturated carbocycles. The van der Waals surface area contributed by atoms with Gasteiger partial charge in [-0.3, -0.25) is 4.90 Å². The molecule has 1 fully saturated rings. The second kappa shape index (κ2) is 4.39. The van der Waals surface area contributed by atoms with E-state index in [4.69, 9.17) is 4.74 Å². The van der Waals surface area contributed by atoms with Crippen LogP contribution in [0.25, 0.3) is 5.57 Å². The van der Waals surface area contributed by atoms with E-state index in [0.717, 1.165) is 11.1 Å². The molecular formula is C13H15NO2. The molecule has 2 rings (SSSR count). The number of amides is 1. The van der Waals surface area contributed by atoms with E-state index in [9.17, 15) is 4.79 Å². The largest absolute Gasteiger partial charge is 0.447 e. The molecule has 3 heteroatoms. The van der Waals surface area contributed by atoms with Crippen molar-refractivity contribution in [3.63, 3.8) is 0 Å². The Hall–Kier alpha value is -1.77. The van der Waals surface area contributed by atoms with E-state index in [1.54, 1.807) is 4.90 Å². The molecule has 1 atom stereocenters. The third kappa shape index (κ3) is 2.08. The molecule has 3 nitrogen and oxygen atoms in total. The topological polar surface area (TPSA) is 29.5 Å². The van der Waals surface area contributed by atoms with Crippen molar-refractivity contribution in [2.24, 2.45) is 0 Å². The van der Waals surface area contributed by atoms with E-state index in [0.29, 0.717) is 6.61 Å². The number of cyclic esters (lactones) is 1. The highest BCUT2D eigenvalue weighted by Crippen LogP contribution is 2.18. The first-order valence-electron chi connectivity index (χ1n) is 5.37. The highest BCUT2D eigenvalue weighted by Gasteiger charge is 2.27. The van der Waals surface area contributed by atoms with Crippen LogP contribution in [0.5, 0.6) is 0 Å². The van der Waals surface area contributed by atoms with Crippen LogP contribution in [-0.4, -0.2) is 23.6 Å². The summed E-state index contributed by atoms with van der Waals surface area (Å²) >= 11 is 0. The van der Waals surface area contributed by atoms with Crippen molar-refractivity contribution in [1.82, 2.24) is 4.90 Å². The fourth-order valence-electron chi connectivity index (χ4n) is 1.69. The molecule has 0 spiro atoms. The molecule has 0 unspecified atom stereocenters. The van der Waals surface area contributed by atoms with E-state index >= 15 is 0 Å². The van der Waals surface area contributed by atoms with E-state index in [1.165, 1.54) is 0 Å². The molecule has 0 aliphatic carbocycles. The van der Waals surface area contributed by atoms with Crippen LogP contribution in [-0.2, 0) is 4.74 Å². The smallest absolute Gasteiger partial charge is 0.414 e. The number of nitrogens with zero attached hydrogens (tertiary/aromatic N) is 1. The molecular weight excluding hydrogens is 202 g/mol. The third-order valence-corrected chi connectivity index (χ3v) is 2.70. The third-order valence-electron chi connectivity index (χ3n) is 2.70. The zero-order chi connectivity index (χ0) is 11.5. The minimum Gasteiger partial charge on any atom is -0.447 e. The molecule has 1 aliphatic rings. The zero-order valence-corrected chi connectivity index (χ0v) is 9.51. The minimum absolute atomic E-state index is 0.117. The van der Waals surface area contributed by atoms with Gasteiger partial charge in [0.05, 0.1) is 6.04 Å². The Morgan fingerprint density at radius 1 is 1.44 bits per heavy atom. The van der Waals surface area contributed by atoms with Crippen LogP contribution in [0.15, 0.2) is 36.5 Å². The maximum atomic E-state index is 11.4. The monoisotopic (exact) mass is 217 g/mol. The minimum atomic E-state index is -0.261. The predicted octanol–water partition coefficient (Wildman–Crippen LogP) is 2.89. The summed E-state index contributed by atoms with van der Waals surface area (Å²) in [5.41, 5.74) is 2.18. The summed E-state index contributed by atoms with van der Waals surface area (Å²) in [6.45, 7) is 4.44. The lowest BCUT2D eigenvalue weighted by Gasteiger charge is -2.14. The summed E-state index contributed by atoms with van der Waals surface area (Å²) in [6, 6.07) is 10.1. The number of carbonyl (C=O) groups excluding carboxylic acids is 1. The van der Waals surface area contributed by atoms with Gasteiger partial charge >= 0.3 is 6.09 Å². The van der Waals surface area contributed by atoms with Crippen LogP contribution in [0, 0.1) is 0 Å². The molecule has 1 aromatic carbocycles. The van der Waals surface area contributed by atoms with Crippen LogP contribution >= 0.6 is 0 Å². The SMILES string of the molecule is C/C(=C/N1C(=O)OC[C@H]1C)c1ccccc1. The lowest BCUT2D eigenvalue weighted by Crippen LogP contribution is -2.25. The normalized spacial score (nSPS) is 21.1. The number of benzene rings is 1. The molecule has 1 aromatic rings. The molecule has 0 aromatic heterocycles. The van der Waals surface area contributed by atoms with Crippen molar-refractivity contribution >= 4 is 11.7 Å². The first-order valence-corrected chi connectivity index (χ1v) is 5.37. The van der Waals surface area contributed by atoms with Crippen molar-refractivity contribution in [2.45, 2.75) is 19.9 Å². The van der Waals surface area contributed by atoms with Crippen molar-refractivity contribution in [2.75, 3.05) is 6.61 Å². The molecule has 84 valence electrons. The van der Waals surface area contributed by atoms with Crippen LogP contribution < -0.4 is 0 Å². The average molecular weight is 217 g/mol. The Labute approximate surface area is 95.3 Å². The lowest BCUT2D eigenvalue weighted by atomic mass is 10.1. The van der Waals surface area contributed by atoms with Gasteiger partial charge in [0.15, 0.2) is 0 Å². The van der Waals surface area contributed by atoms with Crippen LogP contribution in [0.1, 0.15) is 19.4 Å². The molecule has 1 heterocycles. The van der Waals surface area contributed by atoms with Crippen molar-refractivity contribution < 1.29 is 9.53 Å². The van der Waals surface area contributed by atoms with Crippen LogP contribution in [0.3, 0.4) is 0 Å². The van der Waals surface area contributed by atoms with E-state index in [2.05, 4.69) is 0 Å². The van der Waals surface area contributed by atoms with Gasteiger partial charge in [0, 0.05) is 6.20 Å². The van der Waals surface area contributed by atoms with Crippen molar-refractivity contribution in [1.29, 1.82) is 0 Å². The maximum Gasteiger partial charge on any atom is 0.414 e. The number of rotatable bonds is 2. The molecule has 0 bridgehead atoms. The fourth-order valence-corrected chi connectivity index (χ4v) is 1.69. The van der Waals surface area contributed by atoms with Crippen molar-refractivity contribution in [3.05, 3.63) is 42.1 Å². The van der Waals surface area contributed by atoms with Gasteiger partial charge in [-0.1, -0.05) is 30.3 Å². The number of allylic oxidation sites excluding steroid dienone is 1. The molecule has 1 aliphatic heterocycles. The average Bonchev–Trinajstić information content (AvgIpc) is 2.62. The Balaban J connectivity index is 2.21. The fraction of sp³-hybridized carbons (Fsp3) is 0.308. The Morgan fingerprint density at radius 2 is 2.12 bits per heavy atom. The first-order chi connectivity index (χ1) is 7.68. The Bertz CT molecular complexity index is 411. The highest BCUT2D eigenvalue weighted by molar-refractivity contribution is 5.74. The van der Waals surface area contributed by atoms with Gasteiger partial charge in [-0.2, -0.15) is 0 Å². The molecule has 1 saturated heterocycles. The van der Waals surface area contributed by atoms with E-state index < -0.39 is 0 Å². The van der Waals surface area contributed by atoms with Crippen LogP contribution in [0.2, 0.25) is 0 Å². The van der Waals surface area contributed by atoms with E-state index in [1.807, 2.05) is 50.4 Å². The molecule has 1 amide bonds. The predicted molar refractivity (Wildman–Crippen MR) is 62.7 cm³/mol. The van der Waals surface area contributed by atoms with Gasteiger partial charge in [0.25, 0.3) is 0 Å².